The lowest BCUT2D eigenvalue weighted by Crippen LogP contribution is -2.31. The normalized spacial score (nSPS) is 21.8. The van der Waals surface area contributed by atoms with Crippen molar-refractivity contribution in [3.63, 3.8) is 0 Å². The lowest BCUT2D eigenvalue weighted by atomic mass is 10.1. The molecule has 1 aliphatic heterocycles. The van der Waals surface area contributed by atoms with Crippen LogP contribution in [0.4, 0.5) is 5.69 Å². The Bertz CT molecular complexity index is 350. The van der Waals surface area contributed by atoms with Crippen molar-refractivity contribution in [2.45, 2.75) is 38.3 Å². The summed E-state index contributed by atoms with van der Waals surface area (Å²) in [5, 5.41) is 19.0. The summed E-state index contributed by atoms with van der Waals surface area (Å²) in [7, 11) is 0. The maximum absolute atomic E-state index is 9.73. The van der Waals surface area contributed by atoms with Crippen molar-refractivity contribution in [1.82, 2.24) is 0 Å². The Morgan fingerprint density at radius 2 is 2.06 bits per heavy atom. The molecule has 0 saturated carbocycles. The number of rotatable bonds is 4. The summed E-state index contributed by atoms with van der Waals surface area (Å²) >= 11 is 0. The van der Waals surface area contributed by atoms with Crippen LogP contribution < -0.4 is 4.90 Å². The molecule has 1 fully saturated rings. The maximum atomic E-state index is 9.73. The highest BCUT2D eigenvalue weighted by Crippen LogP contribution is 2.27. The number of hydrogen-bond acceptors (Lipinski definition) is 3. The minimum absolute atomic E-state index is 0.222. The standard InChI is InChI=1S/C14H21NO2/c1-2-14(17)11-5-7-12(8-6-11)15-9-3-4-13(15)10-16/h5-8,13-14,16-17H,2-4,9-10H2,1H3/t13?,14-/m0/s1. The smallest absolute Gasteiger partial charge is 0.0787 e. The maximum Gasteiger partial charge on any atom is 0.0787 e. The number of hydrogen-bond donors (Lipinski definition) is 2. The quantitative estimate of drug-likeness (QED) is 0.840. The van der Waals surface area contributed by atoms with E-state index in [1.165, 1.54) is 0 Å². The number of anilines is 1. The van der Waals surface area contributed by atoms with Gasteiger partial charge in [-0.05, 0) is 37.0 Å². The van der Waals surface area contributed by atoms with Crippen LogP contribution in [0.1, 0.15) is 37.9 Å². The van der Waals surface area contributed by atoms with Crippen molar-refractivity contribution in [2.24, 2.45) is 0 Å². The number of benzene rings is 1. The summed E-state index contributed by atoms with van der Waals surface area (Å²) in [6.07, 6.45) is 2.58. The van der Waals surface area contributed by atoms with Gasteiger partial charge in [-0.2, -0.15) is 0 Å². The highest BCUT2D eigenvalue weighted by atomic mass is 16.3. The Morgan fingerprint density at radius 3 is 2.65 bits per heavy atom. The van der Waals surface area contributed by atoms with Crippen molar-refractivity contribution < 1.29 is 10.2 Å². The summed E-state index contributed by atoms with van der Waals surface area (Å²) in [6, 6.07) is 8.31. The Balaban J connectivity index is 2.12. The molecular formula is C14H21NO2. The molecule has 2 rings (SSSR count). The first-order chi connectivity index (χ1) is 8.26. The van der Waals surface area contributed by atoms with Gasteiger partial charge in [-0.25, -0.2) is 0 Å². The van der Waals surface area contributed by atoms with Crippen molar-refractivity contribution in [2.75, 3.05) is 18.1 Å². The molecule has 0 radical (unpaired) electrons. The Morgan fingerprint density at radius 1 is 1.35 bits per heavy atom. The van der Waals surface area contributed by atoms with Gasteiger partial charge < -0.3 is 15.1 Å². The van der Waals surface area contributed by atoms with Crippen LogP contribution in [0, 0.1) is 0 Å². The van der Waals surface area contributed by atoms with Gasteiger partial charge in [-0.15, -0.1) is 0 Å². The van der Waals surface area contributed by atoms with Gasteiger partial charge in [0, 0.05) is 12.2 Å². The number of aliphatic hydroxyl groups is 2. The molecule has 0 bridgehead atoms. The van der Waals surface area contributed by atoms with Crippen molar-refractivity contribution in [1.29, 1.82) is 0 Å². The topological polar surface area (TPSA) is 43.7 Å². The fourth-order valence-corrected chi connectivity index (χ4v) is 2.49. The van der Waals surface area contributed by atoms with E-state index in [2.05, 4.69) is 4.90 Å². The van der Waals surface area contributed by atoms with Gasteiger partial charge in [0.25, 0.3) is 0 Å². The zero-order valence-corrected chi connectivity index (χ0v) is 10.3. The van der Waals surface area contributed by atoms with Gasteiger partial charge >= 0.3 is 0 Å². The second-order valence-corrected chi connectivity index (χ2v) is 4.69. The third-order valence-electron chi connectivity index (χ3n) is 3.58. The molecule has 0 aliphatic carbocycles. The zero-order valence-electron chi connectivity index (χ0n) is 10.3. The Kier molecular flexibility index (Phi) is 4.02. The van der Waals surface area contributed by atoms with Crippen LogP contribution in [0.15, 0.2) is 24.3 Å². The van der Waals surface area contributed by atoms with E-state index in [-0.39, 0.29) is 18.8 Å². The van der Waals surface area contributed by atoms with E-state index in [0.29, 0.717) is 0 Å². The van der Waals surface area contributed by atoms with Crippen LogP contribution in [0.25, 0.3) is 0 Å². The van der Waals surface area contributed by atoms with Gasteiger partial charge in [-0.3, -0.25) is 0 Å². The molecular weight excluding hydrogens is 214 g/mol. The van der Waals surface area contributed by atoms with E-state index in [9.17, 15) is 10.2 Å². The van der Waals surface area contributed by atoms with Crippen LogP contribution in [-0.4, -0.2) is 29.4 Å². The zero-order chi connectivity index (χ0) is 12.3. The third-order valence-corrected chi connectivity index (χ3v) is 3.58. The van der Waals surface area contributed by atoms with Gasteiger partial charge in [-0.1, -0.05) is 19.1 Å². The van der Waals surface area contributed by atoms with Crippen LogP contribution >= 0.6 is 0 Å². The summed E-state index contributed by atoms with van der Waals surface area (Å²) in [6.45, 7) is 3.21. The van der Waals surface area contributed by atoms with E-state index in [4.69, 9.17) is 0 Å². The van der Waals surface area contributed by atoms with E-state index in [1.54, 1.807) is 0 Å². The molecule has 1 aromatic carbocycles. The molecule has 0 spiro atoms. The van der Waals surface area contributed by atoms with E-state index < -0.39 is 0 Å². The molecule has 2 N–H and O–H groups in total. The average Bonchev–Trinajstić information content (AvgIpc) is 2.86. The summed E-state index contributed by atoms with van der Waals surface area (Å²) < 4.78 is 0. The minimum Gasteiger partial charge on any atom is -0.394 e. The van der Waals surface area contributed by atoms with Crippen LogP contribution in [0.2, 0.25) is 0 Å². The first-order valence-corrected chi connectivity index (χ1v) is 6.41. The Labute approximate surface area is 103 Å². The molecule has 1 heterocycles. The second kappa shape index (κ2) is 5.52. The largest absolute Gasteiger partial charge is 0.394 e. The molecule has 1 aromatic rings. The summed E-state index contributed by atoms with van der Waals surface area (Å²) in [5.41, 5.74) is 2.12. The molecule has 1 unspecified atom stereocenters. The molecule has 3 nitrogen and oxygen atoms in total. The van der Waals surface area contributed by atoms with Crippen molar-refractivity contribution >= 4 is 5.69 Å². The molecule has 17 heavy (non-hydrogen) atoms. The van der Waals surface area contributed by atoms with E-state index in [0.717, 1.165) is 37.1 Å². The minimum atomic E-state index is -0.365. The Hall–Kier alpha value is -1.06. The highest BCUT2D eigenvalue weighted by molar-refractivity contribution is 5.49. The molecule has 0 aromatic heterocycles. The first-order valence-electron chi connectivity index (χ1n) is 6.41. The summed E-state index contributed by atoms with van der Waals surface area (Å²) in [5.74, 6) is 0. The predicted octanol–water partition coefficient (Wildman–Crippen LogP) is 2.09. The monoisotopic (exact) mass is 235 g/mol. The molecule has 1 aliphatic rings. The SMILES string of the molecule is CC[C@H](O)c1ccc(N2CCCC2CO)cc1. The van der Waals surface area contributed by atoms with Crippen molar-refractivity contribution in [3.8, 4) is 0 Å². The van der Waals surface area contributed by atoms with Gasteiger partial charge in [0.15, 0.2) is 0 Å². The molecule has 94 valence electrons. The molecule has 2 atom stereocenters. The fraction of sp³-hybridized carbons (Fsp3) is 0.571. The molecule has 1 saturated heterocycles. The summed E-state index contributed by atoms with van der Waals surface area (Å²) in [4.78, 5) is 2.25. The number of aliphatic hydroxyl groups excluding tert-OH is 2. The molecule has 3 heteroatoms. The predicted molar refractivity (Wildman–Crippen MR) is 69.1 cm³/mol. The number of nitrogens with zero attached hydrogens (tertiary/aromatic N) is 1. The third kappa shape index (κ3) is 2.61. The van der Waals surface area contributed by atoms with Crippen LogP contribution in [-0.2, 0) is 0 Å². The second-order valence-electron chi connectivity index (χ2n) is 4.69. The van der Waals surface area contributed by atoms with Crippen molar-refractivity contribution in [3.05, 3.63) is 29.8 Å². The molecule has 0 amide bonds. The first kappa shape index (κ1) is 12.4. The average molecular weight is 235 g/mol. The van der Waals surface area contributed by atoms with Gasteiger partial charge in [0.2, 0.25) is 0 Å². The highest BCUT2D eigenvalue weighted by Gasteiger charge is 2.23. The lowest BCUT2D eigenvalue weighted by Gasteiger charge is -2.25. The lowest BCUT2D eigenvalue weighted by molar-refractivity contribution is 0.173. The van der Waals surface area contributed by atoms with E-state index in [1.807, 2.05) is 31.2 Å². The van der Waals surface area contributed by atoms with E-state index >= 15 is 0 Å². The van der Waals surface area contributed by atoms with Gasteiger partial charge in [0.05, 0.1) is 18.8 Å². The fourth-order valence-electron chi connectivity index (χ4n) is 2.49. The van der Waals surface area contributed by atoms with Crippen LogP contribution in [0.5, 0.6) is 0 Å². The van der Waals surface area contributed by atoms with Crippen LogP contribution in [0.3, 0.4) is 0 Å². The van der Waals surface area contributed by atoms with Gasteiger partial charge in [0.1, 0.15) is 0 Å².